The van der Waals surface area contributed by atoms with E-state index in [2.05, 4.69) is 25.7 Å². The van der Waals surface area contributed by atoms with Gasteiger partial charge < -0.3 is 5.32 Å². The second-order valence-electron chi connectivity index (χ2n) is 7.88. The lowest BCUT2D eigenvalue weighted by atomic mass is 9.50. The molecule has 4 aliphatic carbocycles. The Kier molecular flexibility index (Phi) is 2.84. The second kappa shape index (κ2) is 4.84. The summed E-state index contributed by atoms with van der Waals surface area (Å²) < 4.78 is 0. The average Bonchev–Trinajstić information content (AvgIpc) is 3.09. The summed E-state index contributed by atoms with van der Waals surface area (Å²) in [6.45, 7) is 0. The first-order chi connectivity index (χ1) is 11.7. The van der Waals surface area contributed by atoms with Crippen LogP contribution < -0.4 is 5.32 Å². The summed E-state index contributed by atoms with van der Waals surface area (Å²) in [5.41, 5.74) is 0.457. The maximum Gasteiger partial charge on any atom is 0.251 e. The molecule has 0 aliphatic heterocycles. The van der Waals surface area contributed by atoms with Crippen LogP contribution in [-0.2, 0) is 5.54 Å². The van der Waals surface area contributed by atoms with Gasteiger partial charge in [0.05, 0.1) is 5.54 Å². The number of nitrogens with zero attached hydrogens (tertiary/aromatic N) is 5. The van der Waals surface area contributed by atoms with Crippen molar-refractivity contribution in [2.45, 2.75) is 49.6 Å². The molecule has 1 N–H and O–H groups in total. The van der Waals surface area contributed by atoms with Crippen molar-refractivity contribution in [3.63, 3.8) is 0 Å². The minimum atomic E-state index is -0.141. The third-order valence-corrected chi connectivity index (χ3v) is 6.12. The lowest BCUT2D eigenvalue weighted by molar-refractivity contribution is -0.0810. The van der Waals surface area contributed by atoms with Crippen LogP contribution in [0.4, 0.5) is 0 Å². The molecule has 0 radical (unpaired) electrons. The molecule has 7 nitrogen and oxygen atoms in total. The van der Waals surface area contributed by atoms with Crippen molar-refractivity contribution < 1.29 is 4.79 Å². The van der Waals surface area contributed by atoms with E-state index in [1.807, 2.05) is 4.80 Å². The number of rotatable bonds is 3. The maximum absolute atomic E-state index is 12.7. The van der Waals surface area contributed by atoms with E-state index in [-0.39, 0.29) is 17.0 Å². The van der Waals surface area contributed by atoms with E-state index in [1.54, 1.807) is 24.5 Å². The third-order valence-electron chi connectivity index (χ3n) is 6.12. The number of nitrogens with one attached hydrogen (secondary N) is 1. The summed E-state index contributed by atoms with van der Waals surface area (Å²) in [4.78, 5) is 18.5. The molecule has 4 saturated carbocycles. The Morgan fingerprint density at radius 3 is 2.58 bits per heavy atom. The van der Waals surface area contributed by atoms with Gasteiger partial charge >= 0.3 is 0 Å². The first kappa shape index (κ1) is 14.1. The summed E-state index contributed by atoms with van der Waals surface area (Å²) in [6, 6.07) is 3.54. The summed E-state index contributed by atoms with van der Waals surface area (Å²) in [7, 11) is 0. The molecule has 6 rings (SSSR count). The summed E-state index contributed by atoms with van der Waals surface area (Å²) in [5, 5.41) is 15.8. The number of aromatic nitrogens is 5. The van der Waals surface area contributed by atoms with E-state index in [1.165, 1.54) is 12.7 Å². The van der Waals surface area contributed by atoms with Gasteiger partial charge in [-0.2, -0.15) is 4.80 Å². The fourth-order valence-corrected chi connectivity index (χ4v) is 5.80. The Hall–Kier alpha value is -2.31. The van der Waals surface area contributed by atoms with Gasteiger partial charge in [0.2, 0.25) is 0 Å². The van der Waals surface area contributed by atoms with E-state index in [4.69, 9.17) is 0 Å². The van der Waals surface area contributed by atoms with Crippen LogP contribution in [0.25, 0.3) is 0 Å². The highest BCUT2D eigenvalue weighted by Crippen LogP contribution is 2.60. The number of carbonyl (C=O) groups is 1. The number of pyridine rings is 1. The van der Waals surface area contributed by atoms with Gasteiger partial charge in [-0.1, -0.05) is 0 Å². The minimum Gasteiger partial charge on any atom is -0.346 e. The van der Waals surface area contributed by atoms with Crippen molar-refractivity contribution in [3.8, 4) is 0 Å². The molecule has 7 heteroatoms. The van der Waals surface area contributed by atoms with Crippen LogP contribution in [0.5, 0.6) is 0 Å². The first-order valence-electron chi connectivity index (χ1n) is 8.63. The van der Waals surface area contributed by atoms with Crippen molar-refractivity contribution in [3.05, 3.63) is 36.4 Å². The van der Waals surface area contributed by atoms with Gasteiger partial charge in [0, 0.05) is 23.5 Å². The molecule has 0 aromatic carbocycles. The van der Waals surface area contributed by atoms with E-state index >= 15 is 0 Å². The SMILES string of the molecule is O=C(NC12CC3CC(C1)CC(n1ncnn1)(C3)C2)c1ccncc1. The van der Waals surface area contributed by atoms with Crippen LogP contribution in [0.2, 0.25) is 0 Å². The molecule has 4 bridgehead atoms. The Bertz CT molecular complexity index is 745. The summed E-state index contributed by atoms with van der Waals surface area (Å²) >= 11 is 0. The molecule has 2 unspecified atom stereocenters. The van der Waals surface area contributed by atoms with Gasteiger partial charge in [-0.3, -0.25) is 9.78 Å². The lowest BCUT2D eigenvalue weighted by Crippen LogP contribution is -2.66. The molecular formula is C17H20N6O. The van der Waals surface area contributed by atoms with E-state index in [9.17, 15) is 4.79 Å². The zero-order chi connectivity index (χ0) is 16.2. The smallest absolute Gasteiger partial charge is 0.251 e. The number of hydrogen-bond acceptors (Lipinski definition) is 5. The largest absolute Gasteiger partial charge is 0.346 e. The first-order valence-corrected chi connectivity index (χ1v) is 8.63. The van der Waals surface area contributed by atoms with E-state index < -0.39 is 0 Å². The van der Waals surface area contributed by atoms with Crippen molar-refractivity contribution >= 4 is 5.91 Å². The van der Waals surface area contributed by atoms with Gasteiger partial charge in [-0.15, -0.1) is 10.2 Å². The molecule has 1 amide bonds. The van der Waals surface area contributed by atoms with Gasteiger partial charge in [0.25, 0.3) is 5.91 Å². The van der Waals surface area contributed by atoms with Crippen LogP contribution in [0.1, 0.15) is 48.9 Å². The molecular weight excluding hydrogens is 304 g/mol. The van der Waals surface area contributed by atoms with Crippen LogP contribution >= 0.6 is 0 Å². The Morgan fingerprint density at radius 1 is 1.17 bits per heavy atom. The Labute approximate surface area is 139 Å². The Morgan fingerprint density at radius 2 is 1.92 bits per heavy atom. The fourth-order valence-electron chi connectivity index (χ4n) is 5.80. The molecule has 2 aromatic rings. The van der Waals surface area contributed by atoms with Gasteiger partial charge in [-0.05, 0) is 67.7 Å². The van der Waals surface area contributed by atoms with E-state index in [0.29, 0.717) is 17.4 Å². The van der Waals surface area contributed by atoms with Crippen molar-refractivity contribution in [2.75, 3.05) is 0 Å². The number of amides is 1. The number of hydrogen-bond donors (Lipinski definition) is 1. The standard InChI is InChI=1S/C17H20N6O/c24-15(14-1-3-18-4-2-14)21-16-6-12-5-13(7-16)9-17(8-12,10-16)23-20-11-19-22-23/h1-4,11-13H,5-10H2,(H,21,24). The van der Waals surface area contributed by atoms with Crippen LogP contribution in [0, 0.1) is 11.8 Å². The monoisotopic (exact) mass is 324 g/mol. The highest BCUT2D eigenvalue weighted by Gasteiger charge is 2.60. The number of tetrazole rings is 1. The molecule has 124 valence electrons. The maximum atomic E-state index is 12.7. The highest BCUT2D eigenvalue weighted by atomic mass is 16.1. The molecule has 0 spiro atoms. The van der Waals surface area contributed by atoms with Gasteiger partial charge in [0.15, 0.2) is 6.33 Å². The molecule has 0 saturated heterocycles. The van der Waals surface area contributed by atoms with Gasteiger partial charge in [-0.25, -0.2) is 0 Å². The molecule has 4 fully saturated rings. The summed E-state index contributed by atoms with van der Waals surface area (Å²) in [5.74, 6) is 1.27. The second-order valence-corrected chi connectivity index (χ2v) is 7.88. The lowest BCUT2D eigenvalue weighted by Gasteiger charge is -2.61. The Balaban J connectivity index is 1.47. The van der Waals surface area contributed by atoms with Crippen LogP contribution in [0.15, 0.2) is 30.9 Å². The quantitative estimate of drug-likeness (QED) is 0.926. The van der Waals surface area contributed by atoms with Crippen molar-refractivity contribution in [2.24, 2.45) is 11.8 Å². The normalized spacial score (nSPS) is 36.7. The molecule has 2 atom stereocenters. The average molecular weight is 324 g/mol. The predicted molar refractivity (Wildman–Crippen MR) is 84.9 cm³/mol. The summed E-state index contributed by atoms with van der Waals surface area (Å²) in [6.07, 6.45) is 11.3. The predicted octanol–water partition coefficient (Wildman–Crippen LogP) is 1.55. The van der Waals surface area contributed by atoms with E-state index in [0.717, 1.165) is 32.1 Å². The van der Waals surface area contributed by atoms with Crippen molar-refractivity contribution in [1.82, 2.24) is 30.5 Å². The molecule has 24 heavy (non-hydrogen) atoms. The zero-order valence-corrected chi connectivity index (χ0v) is 13.4. The number of carbonyl (C=O) groups excluding carboxylic acids is 1. The molecule has 2 heterocycles. The van der Waals surface area contributed by atoms with Crippen LogP contribution in [0.3, 0.4) is 0 Å². The van der Waals surface area contributed by atoms with Crippen LogP contribution in [-0.4, -0.2) is 36.6 Å². The zero-order valence-electron chi connectivity index (χ0n) is 13.4. The third kappa shape index (κ3) is 2.07. The topological polar surface area (TPSA) is 85.6 Å². The van der Waals surface area contributed by atoms with Gasteiger partial charge in [0.1, 0.15) is 0 Å². The minimum absolute atomic E-state index is 0.000972. The van der Waals surface area contributed by atoms with Crippen molar-refractivity contribution in [1.29, 1.82) is 0 Å². The molecule has 2 aromatic heterocycles. The molecule has 4 aliphatic rings. The fraction of sp³-hybridized carbons (Fsp3) is 0.588. The highest BCUT2D eigenvalue weighted by molar-refractivity contribution is 5.94.